The molecule has 2 N–H and O–H groups in total. The maximum atomic E-state index is 11.0. The van der Waals surface area contributed by atoms with Crippen LogP contribution >= 0.6 is 0 Å². The highest BCUT2D eigenvalue weighted by Gasteiger charge is 2.28. The quantitative estimate of drug-likeness (QED) is 0.499. The molecule has 14 heteroatoms. The molecule has 0 saturated heterocycles. The number of aromatic nitrogens is 4. The van der Waals surface area contributed by atoms with Crippen LogP contribution in [-0.2, 0) is 25.9 Å². The zero-order valence-electron chi connectivity index (χ0n) is 16.5. The molecule has 0 aromatic carbocycles. The van der Waals surface area contributed by atoms with E-state index in [0.29, 0.717) is 48.7 Å². The Labute approximate surface area is 170 Å². The van der Waals surface area contributed by atoms with Gasteiger partial charge in [-0.15, -0.1) is 0 Å². The Bertz CT molecular complexity index is 1030. The fourth-order valence-electron chi connectivity index (χ4n) is 3.77. The van der Waals surface area contributed by atoms with E-state index in [1.54, 1.807) is 0 Å². The van der Waals surface area contributed by atoms with Crippen LogP contribution in [0.4, 0.5) is 11.9 Å². The highest BCUT2D eigenvalue weighted by atomic mass is 16.7. The molecule has 2 aliphatic rings. The zero-order valence-corrected chi connectivity index (χ0v) is 16.5. The van der Waals surface area contributed by atoms with Crippen molar-refractivity contribution in [3.8, 4) is 11.4 Å². The number of likely N-dealkylation sites (N-methyl/N-ethyl adjacent to an activating group) is 2. The first-order valence-electron chi connectivity index (χ1n) is 9.29. The van der Waals surface area contributed by atoms with Gasteiger partial charge in [-0.1, -0.05) is 10.9 Å². The van der Waals surface area contributed by atoms with Gasteiger partial charge in [0.2, 0.25) is 0 Å². The third-order valence-electron chi connectivity index (χ3n) is 5.11. The highest BCUT2D eigenvalue weighted by Crippen LogP contribution is 2.33. The van der Waals surface area contributed by atoms with Crippen molar-refractivity contribution in [1.29, 1.82) is 0 Å². The average molecular weight is 416 g/mol. The van der Waals surface area contributed by atoms with Crippen LogP contribution in [0.5, 0.6) is 0 Å². The van der Waals surface area contributed by atoms with E-state index in [9.17, 15) is 20.2 Å². The zero-order chi connectivity index (χ0) is 21.4. The van der Waals surface area contributed by atoms with Crippen LogP contribution in [-0.4, -0.2) is 67.0 Å². The first kappa shape index (κ1) is 19.8. The summed E-state index contributed by atoms with van der Waals surface area (Å²) in [4.78, 5) is 43.5. The van der Waals surface area contributed by atoms with E-state index in [4.69, 9.17) is 0 Å². The second-order valence-electron chi connectivity index (χ2n) is 7.36. The molecule has 2 aromatic rings. The Balaban J connectivity index is 1.93. The van der Waals surface area contributed by atoms with Crippen molar-refractivity contribution in [2.24, 2.45) is 0 Å². The highest BCUT2D eigenvalue weighted by molar-refractivity contribution is 5.67. The van der Waals surface area contributed by atoms with Crippen LogP contribution in [0.25, 0.3) is 11.4 Å². The van der Waals surface area contributed by atoms with Gasteiger partial charge in [-0.2, -0.15) is 0 Å². The van der Waals surface area contributed by atoms with E-state index in [2.05, 4.69) is 29.7 Å². The molecule has 158 valence electrons. The minimum Gasteiger partial charge on any atom is -0.302 e. The molecule has 4 rings (SSSR count). The van der Waals surface area contributed by atoms with Crippen molar-refractivity contribution in [1.82, 2.24) is 29.7 Å². The molecule has 0 radical (unpaired) electrons. The van der Waals surface area contributed by atoms with Gasteiger partial charge in [0.25, 0.3) is 11.9 Å². The Morgan fingerprint density at radius 3 is 1.93 bits per heavy atom. The third-order valence-corrected chi connectivity index (χ3v) is 5.11. The number of hydrazine groups is 2. The lowest BCUT2D eigenvalue weighted by atomic mass is 9.96. The fraction of sp³-hybridized carbons (Fsp3) is 0.500. The van der Waals surface area contributed by atoms with Gasteiger partial charge in [0.1, 0.15) is 0 Å². The molecule has 0 unspecified atom stereocenters. The molecule has 0 saturated carbocycles. The molecule has 2 aliphatic heterocycles. The van der Waals surface area contributed by atoms with E-state index in [1.807, 2.05) is 24.9 Å². The smallest absolute Gasteiger partial charge is 0.285 e. The van der Waals surface area contributed by atoms with Crippen LogP contribution in [0.15, 0.2) is 0 Å². The fourth-order valence-corrected chi connectivity index (χ4v) is 3.77. The van der Waals surface area contributed by atoms with E-state index < -0.39 is 10.1 Å². The largest absolute Gasteiger partial charge is 0.302 e. The first-order valence-corrected chi connectivity index (χ1v) is 9.29. The standard InChI is InChI=1S/C16H20N10O4/c1-23-6-4-11-10(7-23)14(20-15(17-11)21-25(27)28)13-9-3-5-24(2)8-12(9)18-16(19-13)22-26(29)30/h3-8H2,1-2H3,(H,17,20,21)(H,18,19,22). The minimum absolute atomic E-state index is 0.137. The van der Waals surface area contributed by atoms with Crippen LogP contribution in [0.1, 0.15) is 22.5 Å². The van der Waals surface area contributed by atoms with Gasteiger partial charge in [-0.05, 0) is 20.5 Å². The van der Waals surface area contributed by atoms with Gasteiger partial charge >= 0.3 is 0 Å². The topological polar surface area (TPSA) is 168 Å². The normalized spacial score (nSPS) is 16.5. The van der Waals surface area contributed by atoms with Gasteiger partial charge in [-0.25, -0.2) is 40.2 Å². The first-order chi connectivity index (χ1) is 14.3. The summed E-state index contributed by atoms with van der Waals surface area (Å²) in [6, 6.07) is 0. The van der Waals surface area contributed by atoms with Crippen molar-refractivity contribution in [3.63, 3.8) is 0 Å². The number of anilines is 2. The lowest BCUT2D eigenvalue weighted by molar-refractivity contribution is -0.446. The molecule has 14 nitrogen and oxygen atoms in total. The second-order valence-corrected chi connectivity index (χ2v) is 7.36. The summed E-state index contributed by atoms with van der Waals surface area (Å²) < 4.78 is 0. The number of nitrogens with zero attached hydrogens (tertiary/aromatic N) is 8. The van der Waals surface area contributed by atoms with Crippen molar-refractivity contribution in [3.05, 3.63) is 42.7 Å². The predicted molar refractivity (Wildman–Crippen MR) is 104 cm³/mol. The van der Waals surface area contributed by atoms with E-state index in [1.165, 1.54) is 0 Å². The van der Waals surface area contributed by atoms with Crippen molar-refractivity contribution in [2.75, 3.05) is 38.0 Å². The average Bonchev–Trinajstić information content (AvgIpc) is 2.66. The third kappa shape index (κ3) is 3.95. The van der Waals surface area contributed by atoms with Gasteiger partial charge < -0.3 is 9.80 Å². The Hall–Kier alpha value is -3.52. The van der Waals surface area contributed by atoms with Gasteiger partial charge in [0.05, 0.1) is 22.8 Å². The molecular weight excluding hydrogens is 396 g/mol. The second kappa shape index (κ2) is 7.72. The summed E-state index contributed by atoms with van der Waals surface area (Å²) in [5.74, 6) is -0.285. The number of hydrogen-bond acceptors (Lipinski definition) is 10. The molecule has 0 spiro atoms. The maximum Gasteiger partial charge on any atom is 0.285 e. The number of rotatable bonds is 5. The molecule has 0 aliphatic carbocycles. The van der Waals surface area contributed by atoms with E-state index in [-0.39, 0.29) is 11.9 Å². The SMILES string of the molecule is CN1CCc2c(nc(N[N+](=O)[O-])nc2-c2nc(N[N+](=O)[O-])nc3c2CN(C)CC3)C1. The molecule has 0 amide bonds. The van der Waals surface area contributed by atoms with Crippen LogP contribution in [0, 0.1) is 20.2 Å². The summed E-state index contributed by atoms with van der Waals surface area (Å²) in [6.07, 6.45) is 1.23. The van der Waals surface area contributed by atoms with Crippen molar-refractivity contribution >= 4 is 11.9 Å². The predicted octanol–water partition coefficient (Wildman–Crippen LogP) is 0.117. The van der Waals surface area contributed by atoms with Gasteiger partial charge in [-0.3, -0.25) is 0 Å². The number of hydrogen-bond donors (Lipinski definition) is 2. The molecule has 4 heterocycles. The number of fused-ring (bicyclic) bond motifs is 2. The van der Waals surface area contributed by atoms with Crippen molar-refractivity contribution < 1.29 is 10.1 Å². The Morgan fingerprint density at radius 2 is 1.30 bits per heavy atom. The summed E-state index contributed by atoms with van der Waals surface area (Å²) >= 11 is 0. The minimum atomic E-state index is -0.721. The lowest BCUT2D eigenvalue weighted by Gasteiger charge is -2.28. The van der Waals surface area contributed by atoms with Crippen LogP contribution < -0.4 is 10.9 Å². The number of nitro groups is 2. The monoisotopic (exact) mass is 416 g/mol. The molecule has 30 heavy (non-hydrogen) atoms. The summed E-state index contributed by atoms with van der Waals surface area (Å²) in [5, 5.41) is 20.5. The Morgan fingerprint density at radius 1 is 0.767 bits per heavy atom. The molecule has 0 atom stereocenters. The number of nitrogens with one attached hydrogen (secondary N) is 2. The summed E-state index contributed by atoms with van der Waals surface area (Å²) in [5.41, 5.74) is 7.93. The van der Waals surface area contributed by atoms with Crippen LogP contribution in [0.2, 0.25) is 0 Å². The van der Waals surface area contributed by atoms with E-state index in [0.717, 1.165) is 24.2 Å². The summed E-state index contributed by atoms with van der Waals surface area (Å²) in [6.45, 7) is 2.56. The lowest BCUT2D eigenvalue weighted by Crippen LogP contribution is -2.31. The van der Waals surface area contributed by atoms with Gasteiger partial charge in [0, 0.05) is 43.7 Å². The van der Waals surface area contributed by atoms with Crippen LogP contribution in [0.3, 0.4) is 0 Å². The molecule has 2 aromatic heterocycles. The van der Waals surface area contributed by atoms with E-state index >= 15 is 0 Å². The maximum absolute atomic E-state index is 11.0. The van der Waals surface area contributed by atoms with Crippen molar-refractivity contribution in [2.45, 2.75) is 25.9 Å². The molecule has 0 bridgehead atoms. The summed E-state index contributed by atoms with van der Waals surface area (Å²) in [7, 11) is 3.89. The Kier molecular flexibility index (Phi) is 5.09. The molecular formula is C16H20N10O4. The van der Waals surface area contributed by atoms with Gasteiger partial charge in [0.15, 0.2) is 10.1 Å². The molecule has 0 fully saturated rings.